The summed E-state index contributed by atoms with van der Waals surface area (Å²) in [5.41, 5.74) is -0.653. The second-order valence-electron chi connectivity index (χ2n) is 5.54. The smallest absolute Gasteiger partial charge is 0.378 e. The van der Waals surface area contributed by atoms with Gasteiger partial charge in [0.05, 0.1) is 18.8 Å². The summed E-state index contributed by atoms with van der Waals surface area (Å²) in [7, 11) is 0. The van der Waals surface area contributed by atoms with E-state index in [-0.39, 0.29) is 16.9 Å². The molecule has 1 aromatic carbocycles. The number of morpholine rings is 1. The first kappa shape index (κ1) is 17.8. The van der Waals surface area contributed by atoms with E-state index in [0.717, 1.165) is 24.3 Å². The molecule has 26 heavy (non-hydrogen) atoms. The number of nitriles is 1. The fourth-order valence-corrected chi connectivity index (χ4v) is 2.53. The molecule has 1 amide bonds. The summed E-state index contributed by atoms with van der Waals surface area (Å²) in [6.07, 6.45) is -4.47. The van der Waals surface area contributed by atoms with Gasteiger partial charge in [-0.2, -0.15) is 23.5 Å². The summed E-state index contributed by atoms with van der Waals surface area (Å²) in [5.74, 6) is -0.148. The summed E-state index contributed by atoms with van der Waals surface area (Å²) in [6.45, 7) is 2.13. The average molecular weight is 365 g/mol. The van der Waals surface area contributed by atoms with Gasteiger partial charge in [0.1, 0.15) is 17.5 Å². The van der Waals surface area contributed by atoms with Crippen LogP contribution in [0.5, 0.6) is 0 Å². The molecular formula is C16H14F3N5O2. The van der Waals surface area contributed by atoms with E-state index in [1.54, 1.807) is 0 Å². The van der Waals surface area contributed by atoms with E-state index >= 15 is 0 Å². The van der Waals surface area contributed by atoms with Gasteiger partial charge >= 0.3 is 6.18 Å². The monoisotopic (exact) mass is 365 g/mol. The van der Waals surface area contributed by atoms with Crippen LogP contribution >= 0.6 is 0 Å². The van der Waals surface area contributed by atoms with Crippen LogP contribution in [0.4, 0.5) is 24.8 Å². The molecule has 0 aliphatic carbocycles. The molecule has 0 unspecified atom stereocenters. The number of aromatic amines is 1. The lowest BCUT2D eigenvalue weighted by Crippen LogP contribution is -2.36. The molecule has 0 spiro atoms. The van der Waals surface area contributed by atoms with Crippen molar-refractivity contribution < 1.29 is 22.7 Å². The fourth-order valence-electron chi connectivity index (χ4n) is 2.53. The quantitative estimate of drug-likeness (QED) is 0.871. The van der Waals surface area contributed by atoms with Crippen molar-refractivity contribution >= 4 is 17.5 Å². The van der Waals surface area contributed by atoms with Gasteiger partial charge in [0.15, 0.2) is 5.82 Å². The molecular weight excluding hydrogens is 351 g/mol. The highest BCUT2D eigenvalue weighted by Crippen LogP contribution is 2.29. The molecule has 3 rings (SSSR count). The third-order valence-electron chi connectivity index (χ3n) is 3.88. The van der Waals surface area contributed by atoms with Gasteiger partial charge in [-0.25, -0.2) is 0 Å². The minimum Gasteiger partial charge on any atom is -0.378 e. The highest BCUT2D eigenvalue weighted by atomic mass is 19.4. The number of hydrogen-bond donors (Lipinski definition) is 2. The highest BCUT2D eigenvalue weighted by Gasteiger charge is 2.30. The van der Waals surface area contributed by atoms with E-state index in [9.17, 15) is 23.2 Å². The van der Waals surface area contributed by atoms with Crippen molar-refractivity contribution in [1.29, 1.82) is 5.26 Å². The third-order valence-corrected chi connectivity index (χ3v) is 3.88. The standard InChI is InChI=1S/C16H14F3N5O2/c17-16(18,19)11-3-1-10(2-4-11)15(25)21-13-12(9-20)14(23-22-13)24-5-7-26-8-6-24/h1-4H,5-8H2,(H2,21,22,23,25). The number of H-pyrrole nitrogens is 1. The first-order valence-electron chi connectivity index (χ1n) is 7.70. The molecule has 1 fully saturated rings. The molecule has 0 saturated carbocycles. The van der Waals surface area contributed by atoms with Crippen LogP contribution in [0.3, 0.4) is 0 Å². The maximum atomic E-state index is 12.6. The summed E-state index contributed by atoms with van der Waals surface area (Å²) < 4.78 is 43.0. The number of hydrogen-bond acceptors (Lipinski definition) is 5. The second kappa shape index (κ2) is 7.05. The zero-order valence-electron chi connectivity index (χ0n) is 13.4. The van der Waals surface area contributed by atoms with Crippen molar-refractivity contribution in [2.24, 2.45) is 0 Å². The third kappa shape index (κ3) is 3.62. The molecule has 1 aromatic heterocycles. The first-order valence-corrected chi connectivity index (χ1v) is 7.70. The molecule has 1 saturated heterocycles. The number of nitrogens with zero attached hydrogens (tertiary/aromatic N) is 3. The minimum absolute atomic E-state index is 0.0319. The van der Waals surface area contributed by atoms with Crippen LogP contribution in [0.15, 0.2) is 24.3 Å². The normalized spacial score (nSPS) is 14.8. The zero-order chi connectivity index (χ0) is 18.7. The minimum atomic E-state index is -4.47. The first-order chi connectivity index (χ1) is 12.4. The maximum absolute atomic E-state index is 12.6. The Morgan fingerprint density at radius 3 is 2.50 bits per heavy atom. The van der Waals surface area contributed by atoms with Crippen molar-refractivity contribution in [3.63, 3.8) is 0 Å². The van der Waals surface area contributed by atoms with E-state index in [4.69, 9.17) is 4.74 Å². The van der Waals surface area contributed by atoms with Gasteiger partial charge in [-0.15, -0.1) is 0 Å². The van der Waals surface area contributed by atoms with Crippen LogP contribution in [0.2, 0.25) is 0 Å². The summed E-state index contributed by atoms with van der Waals surface area (Å²) in [6, 6.07) is 5.78. The van der Waals surface area contributed by atoms with E-state index in [2.05, 4.69) is 15.5 Å². The number of alkyl halides is 3. The van der Waals surface area contributed by atoms with Crippen LogP contribution in [0.1, 0.15) is 21.5 Å². The Kier molecular flexibility index (Phi) is 4.81. The number of carbonyl (C=O) groups excluding carboxylic acids is 1. The van der Waals surface area contributed by atoms with Gasteiger partial charge in [-0.3, -0.25) is 9.89 Å². The number of benzene rings is 1. The number of rotatable bonds is 3. The second-order valence-corrected chi connectivity index (χ2v) is 5.54. The molecule has 2 N–H and O–H groups in total. The van der Waals surface area contributed by atoms with Crippen molar-refractivity contribution in [2.45, 2.75) is 6.18 Å². The van der Waals surface area contributed by atoms with Crippen LogP contribution in [0, 0.1) is 11.3 Å². The SMILES string of the molecule is N#Cc1c(N2CCOCC2)n[nH]c1NC(=O)c1ccc(C(F)(F)F)cc1. The number of amides is 1. The van der Waals surface area contributed by atoms with E-state index < -0.39 is 17.6 Å². The molecule has 2 heterocycles. The lowest BCUT2D eigenvalue weighted by Gasteiger charge is -2.26. The molecule has 2 aromatic rings. The Morgan fingerprint density at radius 2 is 1.92 bits per heavy atom. The zero-order valence-corrected chi connectivity index (χ0v) is 13.4. The van der Waals surface area contributed by atoms with Gasteiger partial charge in [-0.1, -0.05) is 0 Å². The van der Waals surface area contributed by atoms with Crippen LogP contribution in [-0.4, -0.2) is 42.4 Å². The summed E-state index contributed by atoms with van der Waals surface area (Å²) in [4.78, 5) is 14.1. The van der Waals surface area contributed by atoms with Crippen molar-refractivity contribution in [1.82, 2.24) is 10.2 Å². The summed E-state index contributed by atoms with van der Waals surface area (Å²) in [5, 5.41) is 18.5. The number of halogens is 3. The predicted octanol–water partition coefficient (Wildman–Crippen LogP) is 2.39. The van der Waals surface area contributed by atoms with Crippen LogP contribution in [-0.2, 0) is 10.9 Å². The van der Waals surface area contributed by atoms with Gasteiger partial charge in [-0.05, 0) is 24.3 Å². The van der Waals surface area contributed by atoms with Crippen molar-refractivity contribution in [3.8, 4) is 6.07 Å². The number of nitrogens with one attached hydrogen (secondary N) is 2. The number of anilines is 2. The molecule has 1 aliphatic heterocycles. The predicted molar refractivity (Wildman–Crippen MR) is 85.7 cm³/mol. The van der Waals surface area contributed by atoms with Crippen LogP contribution < -0.4 is 10.2 Å². The average Bonchev–Trinajstić information content (AvgIpc) is 3.04. The maximum Gasteiger partial charge on any atom is 0.416 e. The Balaban J connectivity index is 1.77. The molecule has 136 valence electrons. The Hall–Kier alpha value is -3.06. The Morgan fingerprint density at radius 1 is 1.27 bits per heavy atom. The Labute approximate surface area is 146 Å². The van der Waals surface area contributed by atoms with Crippen molar-refractivity contribution in [3.05, 3.63) is 41.0 Å². The van der Waals surface area contributed by atoms with E-state index in [1.165, 1.54) is 0 Å². The lowest BCUT2D eigenvalue weighted by molar-refractivity contribution is -0.137. The lowest BCUT2D eigenvalue weighted by atomic mass is 10.1. The molecule has 1 aliphatic rings. The highest BCUT2D eigenvalue weighted by molar-refractivity contribution is 6.04. The van der Waals surface area contributed by atoms with Gasteiger partial charge in [0.25, 0.3) is 5.91 Å². The molecule has 0 atom stereocenters. The van der Waals surface area contributed by atoms with Gasteiger partial charge in [0, 0.05) is 18.7 Å². The molecule has 10 heteroatoms. The van der Waals surface area contributed by atoms with E-state index in [0.29, 0.717) is 32.1 Å². The van der Waals surface area contributed by atoms with Gasteiger partial charge < -0.3 is 15.0 Å². The number of aromatic nitrogens is 2. The molecule has 0 bridgehead atoms. The number of ether oxygens (including phenoxy) is 1. The topological polar surface area (TPSA) is 94.0 Å². The molecule has 7 nitrogen and oxygen atoms in total. The van der Waals surface area contributed by atoms with E-state index in [1.807, 2.05) is 11.0 Å². The number of carbonyl (C=O) groups is 1. The van der Waals surface area contributed by atoms with Crippen LogP contribution in [0.25, 0.3) is 0 Å². The van der Waals surface area contributed by atoms with Gasteiger partial charge in [0.2, 0.25) is 0 Å². The van der Waals surface area contributed by atoms with Crippen molar-refractivity contribution in [2.75, 3.05) is 36.5 Å². The fraction of sp³-hybridized carbons (Fsp3) is 0.312. The summed E-state index contributed by atoms with van der Waals surface area (Å²) >= 11 is 0. The molecule has 0 radical (unpaired) electrons. The Bertz CT molecular complexity index is 833. The largest absolute Gasteiger partial charge is 0.416 e.